The van der Waals surface area contributed by atoms with Crippen molar-refractivity contribution in [3.8, 4) is 6.07 Å². The molecule has 1 amide bonds. The average Bonchev–Trinajstić information content (AvgIpc) is 2.58. The first kappa shape index (κ1) is 17.1. The summed E-state index contributed by atoms with van der Waals surface area (Å²) in [5.41, 5.74) is 0.924. The molecule has 0 saturated heterocycles. The van der Waals surface area contributed by atoms with Crippen molar-refractivity contribution in [3.05, 3.63) is 70.9 Å². The zero-order chi connectivity index (χ0) is 17.5. The van der Waals surface area contributed by atoms with Gasteiger partial charge in [-0.05, 0) is 36.4 Å². The van der Waals surface area contributed by atoms with E-state index in [1.54, 1.807) is 30.3 Å². The number of carboxylic acids is 1. The molecule has 0 atom stereocenters. The van der Waals surface area contributed by atoms with Gasteiger partial charge in [0.15, 0.2) is 0 Å². The number of carboxylic acid groups (broad SMARTS) is 1. The van der Waals surface area contributed by atoms with Crippen LogP contribution >= 0.6 is 11.6 Å². The van der Waals surface area contributed by atoms with Crippen LogP contribution < -0.4 is 10.6 Å². The molecule has 24 heavy (non-hydrogen) atoms. The fraction of sp³-hybridized carbons (Fsp3) is 0. The lowest BCUT2D eigenvalue weighted by Crippen LogP contribution is -2.14. The van der Waals surface area contributed by atoms with Gasteiger partial charge in [0.2, 0.25) is 0 Å². The minimum absolute atomic E-state index is 0.140. The number of aromatic carboxylic acids is 1. The molecule has 0 spiro atoms. The van der Waals surface area contributed by atoms with Crippen molar-refractivity contribution in [2.45, 2.75) is 0 Å². The van der Waals surface area contributed by atoms with Crippen molar-refractivity contribution >= 4 is 34.9 Å². The minimum Gasteiger partial charge on any atom is -0.478 e. The molecule has 0 aliphatic carbocycles. The number of nitrogens with one attached hydrogen (secondary N) is 2. The van der Waals surface area contributed by atoms with Crippen LogP contribution in [0.1, 0.15) is 10.4 Å². The molecule has 0 radical (unpaired) electrons. The van der Waals surface area contributed by atoms with E-state index in [-0.39, 0.29) is 11.1 Å². The average molecular weight is 342 g/mol. The predicted molar refractivity (Wildman–Crippen MR) is 90.8 cm³/mol. The molecule has 0 unspecified atom stereocenters. The second-order valence-corrected chi connectivity index (χ2v) is 5.04. The molecule has 120 valence electrons. The maximum absolute atomic E-state index is 12.1. The molecule has 0 bridgehead atoms. The highest BCUT2D eigenvalue weighted by Gasteiger charge is 2.11. The Morgan fingerprint density at radius 2 is 1.79 bits per heavy atom. The number of benzene rings is 2. The lowest BCUT2D eigenvalue weighted by Gasteiger charge is -2.06. The van der Waals surface area contributed by atoms with Gasteiger partial charge in [-0.1, -0.05) is 23.7 Å². The highest BCUT2D eigenvalue weighted by Crippen LogP contribution is 2.21. The van der Waals surface area contributed by atoms with Crippen molar-refractivity contribution < 1.29 is 14.7 Å². The Labute approximate surface area is 143 Å². The van der Waals surface area contributed by atoms with Crippen LogP contribution in [0.5, 0.6) is 0 Å². The van der Waals surface area contributed by atoms with Crippen molar-refractivity contribution in [1.82, 2.24) is 0 Å². The molecule has 2 aromatic rings. The van der Waals surface area contributed by atoms with E-state index >= 15 is 0 Å². The SMILES string of the molecule is N#C/C(=C/Nc1ccc(C(=O)O)cc1)C(=O)Nc1ccccc1Cl. The van der Waals surface area contributed by atoms with Crippen molar-refractivity contribution in [1.29, 1.82) is 5.26 Å². The monoisotopic (exact) mass is 341 g/mol. The van der Waals surface area contributed by atoms with Crippen LogP contribution in [-0.2, 0) is 4.79 Å². The first-order valence-electron chi connectivity index (χ1n) is 6.77. The lowest BCUT2D eigenvalue weighted by molar-refractivity contribution is -0.112. The number of para-hydroxylation sites is 1. The zero-order valence-electron chi connectivity index (χ0n) is 12.3. The van der Waals surface area contributed by atoms with Crippen LogP contribution in [0, 0.1) is 11.3 Å². The van der Waals surface area contributed by atoms with Crippen LogP contribution in [0.4, 0.5) is 11.4 Å². The van der Waals surface area contributed by atoms with E-state index in [1.165, 1.54) is 30.5 Å². The number of hydrogen-bond acceptors (Lipinski definition) is 4. The van der Waals surface area contributed by atoms with Gasteiger partial charge in [-0.15, -0.1) is 0 Å². The molecule has 3 N–H and O–H groups in total. The standard InChI is InChI=1S/C17H12ClN3O3/c18-14-3-1-2-4-15(14)21-16(22)12(9-19)10-20-13-7-5-11(6-8-13)17(23)24/h1-8,10,20H,(H,21,22)(H,23,24)/b12-10-. The van der Waals surface area contributed by atoms with E-state index in [1.807, 2.05) is 0 Å². The van der Waals surface area contributed by atoms with Crippen LogP contribution in [0.15, 0.2) is 60.3 Å². The van der Waals surface area contributed by atoms with Crippen molar-refractivity contribution in [3.63, 3.8) is 0 Å². The van der Waals surface area contributed by atoms with Gasteiger partial charge < -0.3 is 15.7 Å². The molecular weight excluding hydrogens is 330 g/mol. The molecule has 0 aliphatic heterocycles. The van der Waals surface area contributed by atoms with Gasteiger partial charge in [0.05, 0.1) is 16.3 Å². The summed E-state index contributed by atoms with van der Waals surface area (Å²) >= 11 is 5.95. The maximum Gasteiger partial charge on any atom is 0.335 e. The third kappa shape index (κ3) is 4.35. The fourth-order valence-corrected chi connectivity index (χ4v) is 1.95. The van der Waals surface area contributed by atoms with Crippen molar-refractivity contribution in [2.24, 2.45) is 0 Å². The van der Waals surface area contributed by atoms with Gasteiger partial charge in [0.25, 0.3) is 5.91 Å². The van der Waals surface area contributed by atoms with Crippen LogP contribution in [-0.4, -0.2) is 17.0 Å². The summed E-state index contributed by atoms with van der Waals surface area (Å²) < 4.78 is 0. The van der Waals surface area contributed by atoms with E-state index < -0.39 is 11.9 Å². The Kier molecular flexibility index (Phi) is 5.55. The second-order valence-electron chi connectivity index (χ2n) is 4.63. The number of carbonyl (C=O) groups is 2. The topological polar surface area (TPSA) is 102 Å². The Balaban J connectivity index is 2.08. The summed E-state index contributed by atoms with van der Waals surface area (Å²) in [5.74, 6) is -1.64. The molecule has 7 heteroatoms. The smallest absolute Gasteiger partial charge is 0.335 e. The molecule has 0 fully saturated rings. The Hall–Kier alpha value is -3.30. The van der Waals surface area contributed by atoms with Crippen LogP contribution in [0.25, 0.3) is 0 Å². The first-order chi connectivity index (χ1) is 11.5. The van der Waals surface area contributed by atoms with Gasteiger partial charge in [-0.3, -0.25) is 4.79 Å². The van der Waals surface area contributed by atoms with Gasteiger partial charge in [-0.25, -0.2) is 4.79 Å². The fourth-order valence-electron chi connectivity index (χ4n) is 1.77. The summed E-state index contributed by atoms with van der Waals surface area (Å²) in [5, 5.41) is 23.6. The molecule has 0 aromatic heterocycles. The first-order valence-corrected chi connectivity index (χ1v) is 7.15. The van der Waals surface area contributed by atoms with Crippen molar-refractivity contribution in [2.75, 3.05) is 10.6 Å². The van der Waals surface area contributed by atoms with Crippen LogP contribution in [0.3, 0.4) is 0 Å². The van der Waals surface area contributed by atoms with E-state index in [0.29, 0.717) is 16.4 Å². The number of nitriles is 1. The summed E-state index contributed by atoms with van der Waals surface area (Å²) in [6.45, 7) is 0. The predicted octanol–water partition coefficient (Wildman–Crippen LogP) is 3.50. The number of nitrogens with zero attached hydrogens (tertiary/aromatic N) is 1. The van der Waals surface area contributed by atoms with Gasteiger partial charge in [0.1, 0.15) is 11.6 Å². The molecule has 6 nitrogen and oxygen atoms in total. The Morgan fingerprint density at radius 3 is 2.38 bits per heavy atom. The molecule has 0 heterocycles. The van der Waals surface area contributed by atoms with E-state index in [0.717, 1.165) is 0 Å². The highest BCUT2D eigenvalue weighted by atomic mass is 35.5. The summed E-state index contributed by atoms with van der Waals surface area (Å²) in [7, 11) is 0. The summed E-state index contributed by atoms with van der Waals surface area (Å²) in [6.07, 6.45) is 1.24. The largest absolute Gasteiger partial charge is 0.478 e. The number of rotatable bonds is 5. The molecule has 2 rings (SSSR count). The third-order valence-corrected chi connectivity index (χ3v) is 3.33. The van der Waals surface area contributed by atoms with E-state index in [4.69, 9.17) is 22.0 Å². The zero-order valence-corrected chi connectivity index (χ0v) is 13.0. The Bertz CT molecular complexity index is 839. The second kappa shape index (κ2) is 7.81. The van der Waals surface area contributed by atoms with Gasteiger partial charge in [-0.2, -0.15) is 5.26 Å². The summed E-state index contributed by atoms with van der Waals surface area (Å²) in [4.78, 5) is 22.9. The molecule has 0 aliphatic rings. The number of amides is 1. The summed E-state index contributed by atoms with van der Waals surface area (Å²) in [6, 6.07) is 14.3. The quantitative estimate of drug-likeness (QED) is 0.570. The van der Waals surface area contributed by atoms with E-state index in [9.17, 15) is 9.59 Å². The third-order valence-electron chi connectivity index (χ3n) is 3.00. The van der Waals surface area contributed by atoms with E-state index in [2.05, 4.69) is 10.6 Å². The number of carbonyl (C=O) groups excluding carboxylic acids is 1. The molecule has 0 saturated carbocycles. The maximum atomic E-state index is 12.1. The minimum atomic E-state index is -1.03. The normalized spacial score (nSPS) is 10.6. The lowest BCUT2D eigenvalue weighted by atomic mass is 10.2. The molecule has 2 aromatic carbocycles. The number of anilines is 2. The van der Waals surface area contributed by atoms with Gasteiger partial charge in [0, 0.05) is 11.9 Å². The Morgan fingerprint density at radius 1 is 1.12 bits per heavy atom. The highest BCUT2D eigenvalue weighted by molar-refractivity contribution is 6.33. The van der Waals surface area contributed by atoms with Gasteiger partial charge >= 0.3 is 5.97 Å². The molecular formula is C17H12ClN3O3. The van der Waals surface area contributed by atoms with Crippen LogP contribution in [0.2, 0.25) is 5.02 Å². The number of halogens is 1. The number of hydrogen-bond donors (Lipinski definition) is 3.